The van der Waals surface area contributed by atoms with Crippen molar-refractivity contribution in [2.24, 2.45) is 5.92 Å². The van der Waals surface area contributed by atoms with E-state index in [-0.39, 0.29) is 18.3 Å². The molecule has 1 saturated heterocycles. The molecule has 0 spiro atoms. The van der Waals surface area contributed by atoms with E-state index in [2.05, 4.69) is 23.5 Å². The number of rotatable bonds is 8. The van der Waals surface area contributed by atoms with E-state index in [1.807, 2.05) is 48.5 Å². The van der Waals surface area contributed by atoms with Gasteiger partial charge in [0.2, 0.25) is 0 Å². The van der Waals surface area contributed by atoms with Gasteiger partial charge in [-0.25, -0.2) is 0 Å². The summed E-state index contributed by atoms with van der Waals surface area (Å²) >= 11 is 0. The number of nitrogens with zero attached hydrogens (tertiary/aromatic N) is 1. The second-order valence-corrected chi connectivity index (χ2v) is 6.62. The van der Waals surface area contributed by atoms with Gasteiger partial charge in [-0.15, -0.1) is 0 Å². The monoisotopic (exact) mass is 350 g/mol. The van der Waals surface area contributed by atoms with Crippen molar-refractivity contribution < 1.29 is 9.47 Å². The number of nitriles is 1. The van der Waals surface area contributed by atoms with Gasteiger partial charge in [0, 0.05) is 19.7 Å². The van der Waals surface area contributed by atoms with Crippen molar-refractivity contribution in [2.75, 3.05) is 13.2 Å². The summed E-state index contributed by atoms with van der Waals surface area (Å²) in [7, 11) is 0. The van der Waals surface area contributed by atoms with Crippen LogP contribution < -0.4 is 5.32 Å². The van der Waals surface area contributed by atoms with Gasteiger partial charge in [0.1, 0.15) is 6.10 Å². The molecule has 0 saturated carbocycles. The molecule has 1 fully saturated rings. The minimum absolute atomic E-state index is 0.223. The van der Waals surface area contributed by atoms with Crippen LogP contribution in [0.25, 0.3) is 0 Å². The number of nitrogens with one attached hydrogen (secondary N) is 1. The molecule has 0 aromatic heterocycles. The second-order valence-electron chi connectivity index (χ2n) is 6.62. The molecule has 0 radical (unpaired) electrons. The predicted molar refractivity (Wildman–Crippen MR) is 101 cm³/mol. The van der Waals surface area contributed by atoms with Crippen LogP contribution in [-0.2, 0) is 16.0 Å². The van der Waals surface area contributed by atoms with E-state index in [0.29, 0.717) is 6.54 Å². The average molecular weight is 350 g/mol. The number of benzene rings is 2. The molecule has 136 valence electrons. The molecule has 0 aliphatic carbocycles. The smallest absolute Gasteiger partial charge is 0.158 e. The van der Waals surface area contributed by atoms with Crippen LogP contribution in [0.1, 0.15) is 36.5 Å². The van der Waals surface area contributed by atoms with Crippen molar-refractivity contribution in [1.29, 1.82) is 5.26 Å². The SMILES string of the molecule is N#CC(CNCc1ccccc1)C(OC1CCCCO1)c1ccccc1. The number of ether oxygens (including phenoxy) is 2. The summed E-state index contributed by atoms with van der Waals surface area (Å²) in [5.74, 6) is -0.286. The summed E-state index contributed by atoms with van der Waals surface area (Å²) in [6.45, 7) is 2.04. The van der Waals surface area contributed by atoms with E-state index < -0.39 is 0 Å². The Bertz CT molecular complexity index is 678. The zero-order chi connectivity index (χ0) is 18.0. The average Bonchev–Trinajstić information content (AvgIpc) is 2.72. The van der Waals surface area contributed by atoms with Crippen molar-refractivity contribution in [3.05, 3.63) is 71.8 Å². The van der Waals surface area contributed by atoms with Gasteiger partial charge in [-0.1, -0.05) is 60.7 Å². The molecule has 3 unspecified atom stereocenters. The van der Waals surface area contributed by atoms with E-state index in [9.17, 15) is 5.26 Å². The van der Waals surface area contributed by atoms with Crippen LogP contribution in [0.2, 0.25) is 0 Å². The molecule has 0 bridgehead atoms. The Kier molecular flexibility index (Phi) is 7.21. The van der Waals surface area contributed by atoms with Gasteiger partial charge in [0.25, 0.3) is 0 Å². The molecular formula is C22H26N2O2. The van der Waals surface area contributed by atoms with Crippen LogP contribution in [-0.4, -0.2) is 19.4 Å². The van der Waals surface area contributed by atoms with Crippen molar-refractivity contribution in [1.82, 2.24) is 5.32 Å². The standard InChI is InChI=1S/C22H26N2O2/c23-15-20(17-24-16-18-9-3-1-4-10-18)22(19-11-5-2-6-12-19)26-21-13-7-8-14-25-21/h1-6,9-12,20-22,24H,7-8,13-14,16-17H2. The molecule has 2 aromatic carbocycles. The zero-order valence-electron chi connectivity index (χ0n) is 15.0. The summed E-state index contributed by atoms with van der Waals surface area (Å²) < 4.78 is 12.0. The third-order valence-electron chi connectivity index (χ3n) is 4.63. The van der Waals surface area contributed by atoms with Crippen molar-refractivity contribution in [3.8, 4) is 6.07 Å². The van der Waals surface area contributed by atoms with Gasteiger partial charge < -0.3 is 14.8 Å². The van der Waals surface area contributed by atoms with Gasteiger partial charge in [-0.3, -0.25) is 0 Å². The normalized spacial score (nSPS) is 19.4. The fourth-order valence-electron chi connectivity index (χ4n) is 3.22. The number of hydrogen-bond donors (Lipinski definition) is 1. The predicted octanol–water partition coefficient (Wildman–Crippen LogP) is 4.20. The molecule has 4 heteroatoms. The van der Waals surface area contributed by atoms with Crippen molar-refractivity contribution in [3.63, 3.8) is 0 Å². The Morgan fingerprint density at radius 2 is 1.81 bits per heavy atom. The van der Waals surface area contributed by atoms with Gasteiger partial charge in [0.15, 0.2) is 6.29 Å². The molecule has 0 amide bonds. The van der Waals surface area contributed by atoms with Crippen LogP contribution in [0.5, 0.6) is 0 Å². The first-order valence-electron chi connectivity index (χ1n) is 9.33. The second kappa shape index (κ2) is 10.1. The van der Waals surface area contributed by atoms with Crippen LogP contribution in [0.4, 0.5) is 0 Å². The Morgan fingerprint density at radius 3 is 2.46 bits per heavy atom. The lowest BCUT2D eigenvalue weighted by Gasteiger charge is -2.30. The maximum Gasteiger partial charge on any atom is 0.158 e. The van der Waals surface area contributed by atoms with Gasteiger partial charge in [-0.2, -0.15) is 5.26 Å². The van der Waals surface area contributed by atoms with Crippen LogP contribution in [0.3, 0.4) is 0 Å². The highest BCUT2D eigenvalue weighted by atomic mass is 16.7. The summed E-state index contributed by atoms with van der Waals surface area (Å²) in [5, 5.41) is 13.2. The molecule has 4 nitrogen and oxygen atoms in total. The van der Waals surface area contributed by atoms with Crippen LogP contribution in [0.15, 0.2) is 60.7 Å². The van der Waals surface area contributed by atoms with E-state index in [0.717, 1.165) is 38.0 Å². The highest BCUT2D eigenvalue weighted by Gasteiger charge is 2.28. The number of hydrogen-bond acceptors (Lipinski definition) is 4. The summed E-state index contributed by atoms with van der Waals surface area (Å²) in [5.41, 5.74) is 2.23. The first-order chi connectivity index (χ1) is 12.9. The molecule has 3 rings (SSSR count). The van der Waals surface area contributed by atoms with Crippen molar-refractivity contribution in [2.45, 2.75) is 38.2 Å². The molecule has 3 atom stereocenters. The Labute approximate surface area is 155 Å². The van der Waals surface area contributed by atoms with Crippen LogP contribution >= 0.6 is 0 Å². The molecule has 1 aliphatic heterocycles. The lowest BCUT2D eigenvalue weighted by molar-refractivity contribution is -0.196. The van der Waals surface area contributed by atoms with E-state index in [4.69, 9.17) is 9.47 Å². The first-order valence-corrected chi connectivity index (χ1v) is 9.33. The first kappa shape index (κ1) is 18.6. The van der Waals surface area contributed by atoms with E-state index >= 15 is 0 Å². The lowest BCUT2D eigenvalue weighted by atomic mass is 9.96. The summed E-state index contributed by atoms with van der Waals surface area (Å²) in [4.78, 5) is 0. The molecule has 1 heterocycles. The van der Waals surface area contributed by atoms with Gasteiger partial charge in [-0.05, 0) is 30.4 Å². The van der Waals surface area contributed by atoms with Gasteiger partial charge in [0.05, 0.1) is 12.0 Å². The molecular weight excluding hydrogens is 324 g/mol. The van der Waals surface area contributed by atoms with E-state index in [1.54, 1.807) is 0 Å². The Hall–Kier alpha value is -2.19. The third kappa shape index (κ3) is 5.40. The largest absolute Gasteiger partial charge is 0.353 e. The minimum atomic E-state index is -0.299. The van der Waals surface area contributed by atoms with Crippen LogP contribution in [0, 0.1) is 17.2 Å². The Morgan fingerprint density at radius 1 is 1.08 bits per heavy atom. The van der Waals surface area contributed by atoms with Gasteiger partial charge >= 0.3 is 0 Å². The van der Waals surface area contributed by atoms with E-state index in [1.165, 1.54) is 5.56 Å². The lowest BCUT2D eigenvalue weighted by Crippen LogP contribution is -2.32. The fourth-order valence-corrected chi connectivity index (χ4v) is 3.22. The molecule has 26 heavy (non-hydrogen) atoms. The minimum Gasteiger partial charge on any atom is -0.353 e. The quantitative estimate of drug-likeness (QED) is 0.775. The maximum absolute atomic E-state index is 9.77. The highest BCUT2D eigenvalue weighted by molar-refractivity contribution is 5.20. The zero-order valence-corrected chi connectivity index (χ0v) is 15.0. The van der Waals surface area contributed by atoms with Crippen molar-refractivity contribution >= 4 is 0 Å². The Balaban J connectivity index is 1.65. The molecule has 2 aromatic rings. The summed E-state index contributed by atoms with van der Waals surface area (Å²) in [6.07, 6.45) is 2.55. The highest BCUT2D eigenvalue weighted by Crippen LogP contribution is 2.30. The molecule has 1 N–H and O–H groups in total. The fraction of sp³-hybridized carbons (Fsp3) is 0.409. The topological polar surface area (TPSA) is 54.3 Å². The molecule has 1 aliphatic rings. The maximum atomic E-state index is 9.77. The third-order valence-corrected chi connectivity index (χ3v) is 4.63. The summed E-state index contributed by atoms with van der Waals surface area (Å²) in [6, 6.07) is 22.6.